The maximum Gasteiger partial charge on any atom is 0.200 e. The molecule has 1 aromatic heterocycles. The SMILES string of the molecule is O=C(Cc1cccc[n+]1[O-])c1cc(O)c(Br)c(O)c1. The summed E-state index contributed by atoms with van der Waals surface area (Å²) in [6.07, 6.45) is 1.20. The lowest BCUT2D eigenvalue weighted by Gasteiger charge is -2.06. The van der Waals surface area contributed by atoms with Crippen LogP contribution in [0.15, 0.2) is 41.0 Å². The second-order valence-electron chi connectivity index (χ2n) is 3.95. The van der Waals surface area contributed by atoms with Gasteiger partial charge in [-0.05, 0) is 34.1 Å². The number of rotatable bonds is 3. The second kappa shape index (κ2) is 5.27. The second-order valence-corrected chi connectivity index (χ2v) is 4.74. The Balaban J connectivity index is 2.28. The number of Topliss-reactive ketones (excluding diaryl/α,β-unsaturated/α-hetero) is 1. The topological polar surface area (TPSA) is 84.5 Å². The van der Waals surface area contributed by atoms with Crippen LogP contribution < -0.4 is 4.73 Å². The fraction of sp³-hybridized carbons (Fsp3) is 0.0769. The van der Waals surface area contributed by atoms with Crippen LogP contribution in [0.5, 0.6) is 11.5 Å². The predicted molar refractivity (Wildman–Crippen MR) is 70.9 cm³/mol. The summed E-state index contributed by atoms with van der Waals surface area (Å²) in [4.78, 5) is 12.0. The summed E-state index contributed by atoms with van der Waals surface area (Å²) >= 11 is 2.98. The number of hydrogen-bond acceptors (Lipinski definition) is 4. The van der Waals surface area contributed by atoms with E-state index in [2.05, 4.69) is 15.9 Å². The molecule has 2 N–H and O–H groups in total. The van der Waals surface area contributed by atoms with Crippen LogP contribution in [-0.2, 0) is 6.42 Å². The minimum absolute atomic E-state index is 0.106. The van der Waals surface area contributed by atoms with Crippen LogP contribution in [0, 0.1) is 5.21 Å². The van der Waals surface area contributed by atoms with E-state index in [1.165, 1.54) is 18.3 Å². The lowest BCUT2D eigenvalue weighted by atomic mass is 10.1. The average molecular weight is 324 g/mol. The van der Waals surface area contributed by atoms with Gasteiger partial charge in [-0.1, -0.05) is 0 Å². The molecule has 0 aliphatic rings. The highest BCUT2D eigenvalue weighted by Crippen LogP contribution is 2.34. The van der Waals surface area contributed by atoms with Gasteiger partial charge in [0.15, 0.2) is 12.0 Å². The number of aromatic hydroxyl groups is 2. The van der Waals surface area contributed by atoms with E-state index < -0.39 is 0 Å². The van der Waals surface area contributed by atoms with Crippen molar-refractivity contribution in [2.45, 2.75) is 6.42 Å². The van der Waals surface area contributed by atoms with Crippen molar-refractivity contribution >= 4 is 21.7 Å². The van der Waals surface area contributed by atoms with Gasteiger partial charge in [-0.2, -0.15) is 4.73 Å². The standard InChI is InChI=1S/C13H10BrNO4/c14-13-11(17)5-8(6-12(13)18)10(16)7-9-3-1-2-4-15(9)19/h1-6,17-18H,7H2. The number of carbonyl (C=O) groups is 1. The van der Waals surface area contributed by atoms with Crippen LogP contribution in [0.3, 0.4) is 0 Å². The Morgan fingerprint density at radius 1 is 1.26 bits per heavy atom. The zero-order valence-corrected chi connectivity index (χ0v) is 11.3. The van der Waals surface area contributed by atoms with Crippen LogP contribution in [0.25, 0.3) is 0 Å². The van der Waals surface area contributed by atoms with Crippen LogP contribution in [0.2, 0.25) is 0 Å². The molecule has 0 aliphatic carbocycles. The molecule has 0 atom stereocenters. The molecule has 1 aromatic carbocycles. The smallest absolute Gasteiger partial charge is 0.200 e. The average Bonchev–Trinajstić information content (AvgIpc) is 2.38. The summed E-state index contributed by atoms with van der Waals surface area (Å²) in [5.41, 5.74) is 0.441. The number of benzene rings is 1. The van der Waals surface area contributed by atoms with Gasteiger partial charge in [-0.3, -0.25) is 4.79 Å². The Kier molecular flexibility index (Phi) is 3.71. The maximum absolute atomic E-state index is 12.0. The molecule has 6 heteroatoms. The number of pyridine rings is 1. The molecular formula is C13H10BrNO4. The summed E-state index contributed by atoms with van der Waals surface area (Å²) in [6.45, 7) is 0. The molecule has 0 spiro atoms. The van der Waals surface area contributed by atoms with E-state index in [-0.39, 0.29) is 33.7 Å². The highest BCUT2D eigenvalue weighted by molar-refractivity contribution is 9.10. The van der Waals surface area contributed by atoms with Crippen LogP contribution in [0.1, 0.15) is 16.1 Å². The van der Waals surface area contributed by atoms with Gasteiger partial charge < -0.3 is 15.4 Å². The molecule has 0 unspecified atom stereocenters. The van der Waals surface area contributed by atoms with Crippen molar-refractivity contribution in [1.29, 1.82) is 0 Å². The van der Waals surface area contributed by atoms with Crippen molar-refractivity contribution in [3.63, 3.8) is 0 Å². The lowest BCUT2D eigenvalue weighted by molar-refractivity contribution is -0.613. The quantitative estimate of drug-likeness (QED) is 0.513. The molecular weight excluding hydrogens is 314 g/mol. The van der Waals surface area contributed by atoms with Gasteiger partial charge in [0.25, 0.3) is 0 Å². The summed E-state index contributed by atoms with van der Waals surface area (Å²) in [6, 6.07) is 7.25. The third-order valence-corrected chi connectivity index (χ3v) is 3.41. The molecule has 2 aromatic rings. The van der Waals surface area contributed by atoms with Crippen molar-refractivity contribution < 1.29 is 19.7 Å². The highest BCUT2D eigenvalue weighted by atomic mass is 79.9. The first-order chi connectivity index (χ1) is 8.99. The Hall–Kier alpha value is -2.08. The van der Waals surface area contributed by atoms with Gasteiger partial charge in [0.2, 0.25) is 5.69 Å². The van der Waals surface area contributed by atoms with E-state index in [1.807, 2.05) is 0 Å². The first-order valence-electron chi connectivity index (χ1n) is 5.41. The first kappa shape index (κ1) is 13.4. The Morgan fingerprint density at radius 2 is 1.89 bits per heavy atom. The van der Waals surface area contributed by atoms with Crippen molar-refractivity contribution in [2.24, 2.45) is 0 Å². The lowest BCUT2D eigenvalue weighted by Crippen LogP contribution is -2.32. The number of nitrogens with zero attached hydrogens (tertiary/aromatic N) is 1. The van der Waals surface area contributed by atoms with Crippen LogP contribution in [0.4, 0.5) is 0 Å². The maximum atomic E-state index is 12.0. The zero-order chi connectivity index (χ0) is 14.0. The number of hydrogen-bond donors (Lipinski definition) is 2. The molecule has 0 fully saturated rings. The van der Waals surface area contributed by atoms with Crippen LogP contribution >= 0.6 is 15.9 Å². The van der Waals surface area contributed by atoms with Gasteiger partial charge in [0.05, 0.1) is 6.42 Å². The van der Waals surface area contributed by atoms with E-state index in [0.717, 1.165) is 0 Å². The van der Waals surface area contributed by atoms with Gasteiger partial charge in [-0.25, -0.2) is 0 Å². The minimum Gasteiger partial charge on any atom is -0.618 e. The summed E-state index contributed by atoms with van der Waals surface area (Å²) in [7, 11) is 0. The van der Waals surface area contributed by atoms with E-state index in [9.17, 15) is 20.2 Å². The monoisotopic (exact) mass is 323 g/mol. The number of aromatic nitrogens is 1. The van der Waals surface area contributed by atoms with Crippen molar-refractivity contribution in [1.82, 2.24) is 0 Å². The molecule has 1 heterocycles. The number of phenolic OH excluding ortho intramolecular Hbond substituents is 2. The largest absolute Gasteiger partial charge is 0.618 e. The molecule has 19 heavy (non-hydrogen) atoms. The number of carbonyl (C=O) groups excluding carboxylic acids is 1. The molecule has 5 nitrogen and oxygen atoms in total. The van der Waals surface area contributed by atoms with Crippen molar-refractivity contribution in [2.75, 3.05) is 0 Å². The minimum atomic E-state index is -0.367. The molecule has 0 amide bonds. The first-order valence-corrected chi connectivity index (χ1v) is 6.20. The zero-order valence-electron chi connectivity index (χ0n) is 9.71. The molecule has 0 aliphatic heterocycles. The number of phenols is 2. The van der Waals surface area contributed by atoms with Gasteiger partial charge in [-0.15, -0.1) is 0 Å². The number of halogens is 1. The highest BCUT2D eigenvalue weighted by Gasteiger charge is 2.16. The third kappa shape index (κ3) is 2.85. The van der Waals surface area contributed by atoms with Crippen molar-refractivity contribution in [3.8, 4) is 11.5 Å². The van der Waals surface area contributed by atoms with Crippen LogP contribution in [-0.4, -0.2) is 16.0 Å². The molecule has 0 saturated carbocycles. The molecule has 2 rings (SSSR count). The Labute approximate surface area is 117 Å². The van der Waals surface area contributed by atoms with Gasteiger partial charge in [0.1, 0.15) is 16.0 Å². The Bertz CT molecular complexity index is 619. The molecule has 0 bridgehead atoms. The fourth-order valence-electron chi connectivity index (χ4n) is 1.62. The Morgan fingerprint density at radius 3 is 2.47 bits per heavy atom. The van der Waals surface area contributed by atoms with Gasteiger partial charge in [0, 0.05) is 17.7 Å². The molecule has 98 valence electrons. The summed E-state index contributed by atoms with van der Waals surface area (Å²) in [5, 5.41) is 30.5. The fourth-order valence-corrected chi connectivity index (χ4v) is 1.85. The van der Waals surface area contributed by atoms with E-state index in [4.69, 9.17) is 0 Å². The van der Waals surface area contributed by atoms with Gasteiger partial charge >= 0.3 is 0 Å². The summed E-state index contributed by atoms with van der Waals surface area (Å²) < 4.78 is 0.735. The molecule has 0 radical (unpaired) electrons. The normalized spacial score (nSPS) is 10.4. The molecule has 0 saturated heterocycles. The van der Waals surface area contributed by atoms with E-state index >= 15 is 0 Å². The predicted octanol–water partition coefficient (Wildman–Crippen LogP) is 1.92. The number of ketones is 1. The summed E-state index contributed by atoms with van der Waals surface area (Å²) in [5.74, 6) is -0.827. The van der Waals surface area contributed by atoms with E-state index in [1.54, 1.807) is 18.2 Å². The van der Waals surface area contributed by atoms with Crippen molar-refractivity contribution in [3.05, 3.63) is 57.5 Å². The van der Waals surface area contributed by atoms with E-state index in [0.29, 0.717) is 10.4 Å². The third-order valence-electron chi connectivity index (χ3n) is 2.60.